The number of carboxylic acids is 1. The van der Waals surface area contributed by atoms with Gasteiger partial charge in [0, 0.05) is 12.8 Å². The normalized spacial score (nSPS) is 13.8. The number of unbranched alkanes of at least 4 members (excludes halogenated alkanes) is 28. The molecule has 0 aliphatic carbocycles. The summed E-state index contributed by atoms with van der Waals surface area (Å²) in [4.78, 5) is 46.1. The van der Waals surface area contributed by atoms with Gasteiger partial charge in [-0.15, -0.1) is 0 Å². The summed E-state index contributed by atoms with van der Waals surface area (Å²) in [6.45, 7) is 2.82. The number of ether oxygens (including phenoxy) is 2. The number of phosphoric ester groups is 1. The Morgan fingerprint density at radius 1 is 0.517 bits per heavy atom. The van der Waals surface area contributed by atoms with Crippen molar-refractivity contribution in [3.8, 4) is 0 Å². The molecular formula is C48H90NO10P. The van der Waals surface area contributed by atoms with Crippen molar-refractivity contribution in [1.29, 1.82) is 0 Å². The average Bonchev–Trinajstić information content (AvgIpc) is 3.22. The monoisotopic (exact) mass is 872 g/mol. The summed E-state index contributed by atoms with van der Waals surface area (Å²) in [5.41, 5.74) is 5.35. The Hall–Kier alpha value is -2.04. The number of allylic oxidation sites excluding steroid dienone is 4. The van der Waals surface area contributed by atoms with E-state index in [9.17, 15) is 23.8 Å². The van der Waals surface area contributed by atoms with Crippen LogP contribution in [0.5, 0.6) is 0 Å². The van der Waals surface area contributed by atoms with E-state index >= 15 is 0 Å². The first kappa shape index (κ1) is 58.0. The first-order valence-electron chi connectivity index (χ1n) is 24.4. The van der Waals surface area contributed by atoms with Crippen molar-refractivity contribution in [2.45, 2.75) is 244 Å². The smallest absolute Gasteiger partial charge is 0.472 e. The maximum atomic E-state index is 12.7. The van der Waals surface area contributed by atoms with Gasteiger partial charge in [-0.1, -0.05) is 199 Å². The first-order valence-corrected chi connectivity index (χ1v) is 25.9. The van der Waals surface area contributed by atoms with Crippen molar-refractivity contribution in [1.82, 2.24) is 0 Å². The third-order valence-electron chi connectivity index (χ3n) is 10.7. The van der Waals surface area contributed by atoms with Gasteiger partial charge in [-0.05, 0) is 44.9 Å². The minimum atomic E-state index is -4.72. The van der Waals surface area contributed by atoms with Crippen LogP contribution >= 0.6 is 7.82 Å². The number of rotatable bonds is 46. The second-order valence-electron chi connectivity index (χ2n) is 16.6. The van der Waals surface area contributed by atoms with Gasteiger partial charge in [0.25, 0.3) is 0 Å². The Labute approximate surface area is 366 Å². The summed E-state index contributed by atoms with van der Waals surface area (Å²) in [7, 11) is -4.72. The van der Waals surface area contributed by atoms with Crippen LogP contribution in [0.15, 0.2) is 24.3 Å². The molecule has 0 bridgehead atoms. The van der Waals surface area contributed by atoms with Gasteiger partial charge in [-0.2, -0.15) is 0 Å². The molecule has 0 radical (unpaired) electrons. The SMILES string of the molecule is CCCCCC/C=C\C/C=C\CCCCCCCCCC(=O)OC(COC(=O)CCCCCCCCCCCCCCCCCCCC)COP(=O)(O)OCC(N)C(=O)O. The fourth-order valence-electron chi connectivity index (χ4n) is 6.86. The largest absolute Gasteiger partial charge is 0.480 e. The van der Waals surface area contributed by atoms with Crippen LogP contribution in [-0.4, -0.2) is 59.9 Å². The van der Waals surface area contributed by atoms with E-state index in [0.717, 1.165) is 57.8 Å². The Kier molecular flexibility index (Phi) is 42.1. The van der Waals surface area contributed by atoms with E-state index in [-0.39, 0.29) is 19.4 Å². The lowest BCUT2D eigenvalue weighted by atomic mass is 10.0. The van der Waals surface area contributed by atoms with Crippen molar-refractivity contribution in [2.75, 3.05) is 19.8 Å². The summed E-state index contributed by atoms with van der Waals surface area (Å²) in [6, 6.07) is -1.52. The molecule has 0 rings (SSSR count). The molecule has 11 nitrogen and oxygen atoms in total. The van der Waals surface area contributed by atoms with Crippen molar-refractivity contribution in [3.63, 3.8) is 0 Å². The van der Waals surface area contributed by atoms with E-state index in [1.54, 1.807) is 0 Å². The molecule has 0 fully saturated rings. The van der Waals surface area contributed by atoms with E-state index in [2.05, 4.69) is 42.7 Å². The molecule has 0 aromatic heterocycles. The van der Waals surface area contributed by atoms with Crippen LogP contribution in [0, 0.1) is 0 Å². The van der Waals surface area contributed by atoms with E-state index in [1.807, 2.05) is 0 Å². The molecule has 0 spiro atoms. The topological polar surface area (TPSA) is 172 Å². The number of nitrogens with two attached hydrogens (primary N) is 1. The third kappa shape index (κ3) is 42.6. The lowest BCUT2D eigenvalue weighted by molar-refractivity contribution is -0.161. The molecule has 0 aliphatic heterocycles. The van der Waals surface area contributed by atoms with Gasteiger partial charge in [0.15, 0.2) is 6.10 Å². The van der Waals surface area contributed by atoms with E-state index < -0.39 is 51.1 Å². The molecule has 0 saturated heterocycles. The number of hydrogen-bond acceptors (Lipinski definition) is 9. The molecule has 0 saturated carbocycles. The molecule has 3 atom stereocenters. The second-order valence-corrected chi connectivity index (χ2v) is 18.1. The van der Waals surface area contributed by atoms with Crippen LogP contribution in [0.2, 0.25) is 0 Å². The molecule has 0 aromatic carbocycles. The van der Waals surface area contributed by atoms with E-state index in [0.29, 0.717) is 12.8 Å². The van der Waals surface area contributed by atoms with Crippen molar-refractivity contribution in [3.05, 3.63) is 24.3 Å². The lowest BCUT2D eigenvalue weighted by Gasteiger charge is -2.20. The molecular weight excluding hydrogens is 781 g/mol. The molecule has 12 heteroatoms. The predicted octanol–water partition coefficient (Wildman–Crippen LogP) is 13.4. The Morgan fingerprint density at radius 2 is 0.883 bits per heavy atom. The zero-order chi connectivity index (χ0) is 44.2. The molecule has 352 valence electrons. The third-order valence-corrected chi connectivity index (χ3v) is 11.7. The van der Waals surface area contributed by atoms with Crippen molar-refractivity contribution in [2.24, 2.45) is 5.73 Å². The van der Waals surface area contributed by atoms with Crippen LogP contribution < -0.4 is 5.73 Å². The van der Waals surface area contributed by atoms with Gasteiger partial charge in [0.05, 0.1) is 13.2 Å². The van der Waals surface area contributed by atoms with Gasteiger partial charge in [0.2, 0.25) is 0 Å². The number of carbonyl (C=O) groups is 3. The average molecular weight is 872 g/mol. The van der Waals surface area contributed by atoms with E-state index in [4.69, 9.17) is 24.8 Å². The van der Waals surface area contributed by atoms with Gasteiger partial charge in [0.1, 0.15) is 12.6 Å². The summed E-state index contributed by atoms with van der Waals surface area (Å²) in [5.74, 6) is -2.37. The number of phosphoric acid groups is 1. The molecule has 0 aliphatic rings. The quantitative estimate of drug-likeness (QED) is 0.0230. The highest BCUT2D eigenvalue weighted by Crippen LogP contribution is 2.43. The second kappa shape index (κ2) is 43.6. The van der Waals surface area contributed by atoms with Crippen molar-refractivity contribution >= 4 is 25.7 Å². The molecule has 0 aromatic rings. The molecule has 4 N–H and O–H groups in total. The number of esters is 2. The highest BCUT2D eigenvalue weighted by molar-refractivity contribution is 7.47. The molecule has 0 heterocycles. The molecule has 0 amide bonds. The van der Waals surface area contributed by atoms with Crippen LogP contribution in [0.25, 0.3) is 0 Å². The van der Waals surface area contributed by atoms with Gasteiger partial charge in [-0.25, -0.2) is 4.57 Å². The maximum Gasteiger partial charge on any atom is 0.472 e. The standard InChI is InChI=1S/C48H90NO10P/c1-3-5-7-9-11-13-15-17-19-21-23-25-27-29-31-33-35-37-39-46(50)56-41-44(42-57-60(54,55)58-43-45(49)48(52)53)59-47(51)40-38-36-34-32-30-28-26-24-22-20-18-16-14-12-10-8-6-4-2/h14,16,20,22,44-45H,3-13,15,17-19,21,23-43,49H2,1-2H3,(H,52,53)(H,54,55)/b16-14-,22-20-. The van der Waals surface area contributed by atoms with Crippen LogP contribution in [0.1, 0.15) is 232 Å². The Morgan fingerprint density at radius 3 is 1.32 bits per heavy atom. The van der Waals surface area contributed by atoms with E-state index in [1.165, 1.54) is 135 Å². The number of carbonyl (C=O) groups excluding carboxylic acids is 2. The number of hydrogen-bond donors (Lipinski definition) is 3. The fraction of sp³-hybridized carbons (Fsp3) is 0.854. The fourth-order valence-corrected chi connectivity index (χ4v) is 7.64. The maximum absolute atomic E-state index is 12.7. The minimum Gasteiger partial charge on any atom is -0.480 e. The van der Waals surface area contributed by atoms with Crippen LogP contribution in [0.4, 0.5) is 0 Å². The van der Waals surface area contributed by atoms with Gasteiger partial charge in [-0.3, -0.25) is 23.4 Å². The summed E-state index contributed by atoms with van der Waals surface area (Å²) < 4.78 is 32.8. The Bertz CT molecular complexity index is 1120. The minimum absolute atomic E-state index is 0.155. The summed E-state index contributed by atoms with van der Waals surface area (Å²) in [5, 5.41) is 8.91. The predicted molar refractivity (Wildman–Crippen MR) is 245 cm³/mol. The van der Waals surface area contributed by atoms with Crippen LogP contribution in [-0.2, 0) is 37.5 Å². The Balaban J connectivity index is 4.28. The molecule has 60 heavy (non-hydrogen) atoms. The highest BCUT2D eigenvalue weighted by Gasteiger charge is 2.28. The zero-order valence-electron chi connectivity index (χ0n) is 38.3. The van der Waals surface area contributed by atoms with Crippen LogP contribution in [0.3, 0.4) is 0 Å². The number of carboxylic acid groups (broad SMARTS) is 1. The summed E-state index contributed by atoms with van der Waals surface area (Å²) in [6.07, 6.45) is 46.6. The lowest BCUT2D eigenvalue weighted by Crippen LogP contribution is -2.34. The number of aliphatic carboxylic acids is 1. The summed E-state index contributed by atoms with van der Waals surface area (Å²) >= 11 is 0. The van der Waals surface area contributed by atoms with Crippen molar-refractivity contribution < 1.29 is 47.5 Å². The molecule has 3 unspecified atom stereocenters. The van der Waals surface area contributed by atoms with Gasteiger partial charge < -0.3 is 25.2 Å². The first-order chi connectivity index (χ1) is 29.1. The zero-order valence-corrected chi connectivity index (χ0v) is 39.2. The highest BCUT2D eigenvalue weighted by atomic mass is 31.2. The van der Waals surface area contributed by atoms with Gasteiger partial charge >= 0.3 is 25.7 Å².